The lowest BCUT2D eigenvalue weighted by atomic mass is 10.2. The lowest BCUT2D eigenvalue weighted by Crippen LogP contribution is -2.08. The molecule has 0 aromatic rings. The van der Waals surface area contributed by atoms with Crippen molar-refractivity contribution in [1.82, 2.24) is 0 Å². The summed E-state index contributed by atoms with van der Waals surface area (Å²) in [5, 5.41) is 8.40. The van der Waals surface area contributed by atoms with Gasteiger partial charge in [-0.25, -0.2) is 0 Å². The van der Waals surface area contributed by atoms with Gasteiger partial charge in [-0.1, -0.05) is 12.8 Å². The van der Waals surface area contributed by atoms with Crippen molar-refractivity contribution < 1.29 is 5.11 Å². The Hall–Kier alpha value is 1.70. The third-order valence-electron chi connectivity index (χ3n) is 1.89. The van der Waals surface area contributed by atoms with Crippen LogP contribution in [0.3, 0.4) is 0 Å². The molecule has 126 valence electrons. The standard InChI is InChI=1S/C6H12Cl2.C4H8Cl2.C3H6Cl2O/c7-5-3-1-2-4-6-8;5-3-1-2-4-6;4-1-3(6)2-5/h1-6H2;1-4H2;3,6H,1-2H2. The fourth-order valence-electron chi connectivity index (χ4n) is 0.773. The minimum absolute atomic E-state index is 0.226. The van der Waals surface area contributed by atoms with Crippen molar-refractivity contribution in [2.24, 2.45) is 0 Å². The molecule has 0 aromatic carbocycles. The molecule has 0 bridgehead atoms. The largest absolute Gasteiger partial charge is 0.391 e. The van der Waals surface area contributed by atoms with Crippen LogP contribution in [0.15, 0.2) is 0 Å². The highest BCUT2D eigenvalue weighted by Gasteiger charge is 1.94. The van der Waals surface area contributed by atoms with Crippen LogP contribution in [-0.2, 0) is 0 Å². The van der Waals surface area contributed by atoms with E-state index in [1.165, 1.54) is 12.8 Å². The predicted molar refractivity (Wildman–Crippen MR) is 98.0 cm³/mol. The SMILES string of the molecule is ClCCCCCCCl.ClCCCCCl.OC(CCl)CCl. The van der Waals surface area contributed by atoms with Crippen LogP contribution < -0.4 is 0 Å². The van der Waals surface area contributed by atoms with E-state index in [-0.39, 0.29) is 11.8 Å². The first-order valence-corrected chi connectivity index (χ1v) is 9.89. The van der Waals surface area contributed by atoms with E-state index in [1.54, 1.807) is 0 Å². The van der Waals surface area contributed by atoms with Gasteiger partial charge in [-0.3, -0.25) is 0 Å². The van der Waals surface area contributed by atoms with Crippen LogP contribution in [0.4, 0.5) is 0 Å². The zero-order chi connectivity index (χ0) is 16.1. The third kappa shape index (κ3) is 36.7. The first kappa shape index (κ1) is 26.6. The van der Waals surface area contributed by atoms with Crippen LogP contribution >= 0.6 is 69.6 Å². The molecule has 0 heterocycles. The minimum atomic E-state index is -0.534. The van der Waals surface area contributed by atoms with E-state index in [4.69, 9.17) is 74.7 Å². The van der Waals surface area contributed by atoms with Crippen LogP contribution in [0.1, 0.15) is 38.5 Å². The van der Waals surface area contributed by atoms with Crippen molar-refractivity contribution in [3.05, 3.63) is 0 Å². The van der Waals surface area contributed by atoms with Gasteiger partial charge in [0.25, 0.3) is 0 Å². The first-order valence-electron chi connectivity index (χ1n) is 6.68. The van der Waals surface area contributed by atoms with Crippen molar-refractivity contribution in [2.75, 3.05) is 35.3 Å². The summed E-state index contributed by atoms with van der Waals surface area (Å²) in [5.74, 6) is 3.52. The molecule has 0 unspecified atom stereocenters. The third-order valence-corrected chi connectivity index (χ3v) is 3.67. The molecule has 0 saturated heterocycles. The van der Waals surface area contributed by atoms with E-state index in [1.807, 2.05) is 0 Å². The number of unbranched alkanes of at least 4 members (excludes halogenated alkanes) is 4. The smallest absolute Gasteiger partial charge is 0.0810 e. The highest BCUT2D eigenvalue weighted by molar-refractivity contribution is 6.21. The molecular weight excluding hydrogens is 385 g/mol. The Kier molecular flexibility index (Phi) is 38.3. The fraction of sp³-hybridized carbons (Fsp3) is 1.00. The summed E-state index contributed by atoms with van der Waals surface area (Å²) in [4.78, 5) is 0. The van der Waals surface area contributed by atoms with E-state index in [0.717, 1.165) is 49.2 Å². The second-order valence-corrected chi connectivity index (χ2v) is 5.97. The molecule has 0 aliphatic rings. The number of aliphatic hydroxyl groups excluding tert-OH is 1. The van der Waals surface area contributed by atoms with Gasteiger partial charge >= 0.3 is 0 Å². The molecule has 1 N–H and O–H groups in total. The van der Waals surface area contributed by atoms with E-state index in [9.17, 15) is 0 Å². The molecule has 0 aliphatic carbocycles. The molecule has 0 atom stereocenters. The number of rotatable bonds is 10. The molecule has 0 spiro atoms. The molecule has 1 nitrogen and oxygen atoms in total. The monoisotopic (exact) mass is 408 g/mol. The van der Waals surface area contributed by atoms with Gasteiger partial charge in [-0.05, 0) is 25.7 Å². The molecule has 20 heavy (non-hydrogen) atoms. The molecule has 0 fully saturated rings. The Morgan fingerprint density at radius 3 is 0.900 bits per heavy atom. The summed E-state index contributed by atoms with van der Waals surface area (Å²) >= 11 is 31.8. The van der Waals surface area contributed by atoms with Crippen molar-refractivity contribution in [2.45, 2.75) is 44.6 Å². The topological polar surface area (TPSA) is 20.2 Å². The zero-order valence-corrected chi connectivity index (χ0v) is 16.3. The van der Waals surface area contributed by atoms with Gasteiger partial charge in [0.15, 0.2) is 0 Å². The fourth-order valence-corrected chi connectivity index (χ4v) is 1.86. The molecule has 7 heteroatoms. The van der Waals surface area contributed by atoms with Gasteiger partial charge in [0.2, 0.25) is 0 Å². The molecule has 0 aromatic heterocycles. The van der Waals surface area contributed by atoms with Crippen molar-refractivity contribution in [1.29, 1.82) is 0 Å². The summed E-state index contributed by atoms with van der Waals surface area (Å²) in [6, 6.07) is 0. The van der Waals surface area contributed by atoms with Crippen molar-refractivity contribution in [3.63, 3.8) is 0 Å². The van der Waals surface area contributed by atoms with E-state index >= 15 is 0 Å². The number of hydrogen-bond donors (Lipinski definition) is 1. The molecule has 0 rings (SSSR count). The second kappa shape index (κ2) is 28.8. The lowest BCUT2D eigenvalue weighted by molar-refractivity contribution is 0.222. The average Bonchev–Trinajstić information content (AvgIpc) is 2.50. The van der Waals surface area contributed by atoms with Gasteiger partial charge in [-0.2, -0.15) is 0 Å². The number of halogens is 6. The Morgan fingerprint density at radius 1 is 0.500 bits per heavy atom. The highest BCUT2D eigenvalue weighted by atomic mass is 35.5. The van der Waals surface area contributed by atoms with Crippen LogP contribution in [0.5, 0.6) is 0 Å². The summed E-state index contributed by atoms with van der Waals surface area (Å²) in [7, 11) is 0. The first-order chi connectivity index (χ1) is 9.64. The summed E-state index contributed by atoms with van der Waals surface area (Å²) in [6.45, 7) is 0. The van der Waals surface area contributed by atoms with Crippen molar-refractivity contribution in [3.8, 4) is 0 Å². The maximum Gasteiger partial charge on any atom is 0.0810 e. The van der Waals surface area contributed by atoms with E-state index in [0.29, 0.717) is 0 Å². The minimum Gasteiger partial charge on any atom is -0.391 e. The number of alkyl halides is 6. The Bertz CT molecular complexity index is 126. The Balaban J connectivity index is -0.000000221. The average molecular weight is 411 g/mol. The van der Waals surface area contributed by atoms with Gasteiger partial charge in [0.05, 0.1) is 6.10 Å². The molecule has 0 aliphatic heterocycles. The maximum absolute atomic E-state index is 8.40. The molecule has 0 saturated carbocycles. The Morgan fingerprint density at radius 2 is 0.750 bits per heavy atom. The maximum atomic E-state index is 8.40. The number of hydrogen-bond acceptors (Lipinski definition) is 1. The Labute approximate surface area is 154 Å². The van der Waals surface area contributed by atoms with Gasteiger partial charge < -0.3 is 5.11 Å². The normalized spacial score (nSPS) is 9.60. The summed E-state index contributed by atoms with van der Waals surface area (Å²) in [5.41, 5.74) is 0. The zero-order valence-electron chi connectivity index (χ0n) is 11.8. The second-order valence-electron chi connectivity index (χ2n) is 3.84. The molecule has 0 radical (unpaired) electrons. The van der Waals surface area contributed by atoms with Gasteiger partial charge in [-0.15, -0.1) is 69.6 Å². The quantitative estimate of drug-likeness (QED) is 0.341. The summed E-state index contributed by atoms with van der Waals surface area (Å²) in [6.07, 6.45) is 6.30. The van der Waals surface area contributed by atoms with E-state index in [2.05, 4.69) is 0 Å². The number of aliphatic hydroxyl groups is 1. The van der Waals surface area contributed by atoms with Crippen molar-refractivity contribution >= 4 is 69.6 Å². The summed E-state index contributed by atoms with van der Waals surface area (Å²) < 4.78 is 0. The van der Waals surface area contributed by atoms with Gasteiger partial charge in [0.1, 0.15) is 0 Å². The van der Waals surface area contributed by atoms with Crippen LogP contribution in [-0.4, -0.2) is 46.5 Å². The van der Waals surface area contributed by atoms with E-state index < -0.39 is 6.10 Å². The van der Waals surface area contributed by atoms with Crippen LogP contribution in [0.2, 0.25) is 0 Å². The lowest BCUT2D eigenvalue weighted by Gasteiger charge is -1.94. The van der Waals surface area contributed by atoms with Crippen LogP contribution in [0.25, 0.3) is 0 Å². The predicted octanol–water partition coefficient (Wildman–Crippen LogP) is 6.09. The molecular formula is C13H26Cl6O. The van der Waals surface area contributed by atoms with Crippen LogP contribution in [0, 0.1) is 0 Å². The molecule has 0 amide bonds. The highest BCUT2D eigenvalue weighted by Crippen LogP contribution is 2.01. The van der Waals surface area contributed by atoms with Gasteiger partial charge in [0, 0.05) is 35.3 Å².